The van der Waals surface area contributed by atoms with Crippen LogP contribution >= 0.6 is 24.0 Å². The summed E-state index contributed by atoms with van der Waals surface area (Å²) in [4.78, 5) is 4.54. The lowest BCUT2D eigenvalue weighted by Gasteiger charge is -2.11. The Morgan fingerprint density at radius 2 is 2.11 bits per heavy atom. The van der Waals surface area contributed by atoms with Crippen LogP contribution in [0.4, 0.5) is 0 Å². The second-order valence-electron chi connectivity index (χ2n) is 5.00. The first-order valence-electron chi connectivity index (χ1n) is 6.80. The van der Waals surface area contributed by atoms with E-state index in [1.165, 1.54) is 6.42 Å². The van der Waals surface area contributed by atoms with Gasteiger partial charge in [0.25, 0.3) is 0 Å². The number of halogens is 1. The van der Waals surface area contributed by atoms with Crippen LogP contribution in [0.5, 0.6) is 0 Å². The van der Waals surface area contributed by atoms with Gasteiger partial charge in [-0.3, -0.25) is 4.99 Å². The van der Waals surface area contributed by atoms with E-state index in [1.807, 2.05) is 0 Å². The molecule has 1 aliphatic carbocycles. The van der Waals surface area contributed by atoms with Crippen molar-refractivity contribution in [2.24, 2.45) is 10.9 Å². The monoisotopic (exact) mass is 369 g/mol. The molecule has 0 bridgehead atoms. The molecule has 5 heteroatoms. The van der Waals surface area contributed by atoms with E-state index in [1.54, 1.807) is 0 Å². The largest absolute Gasteiger partial charge is 0.379 e. The maximum Gasteiger partial charge on any atom is 0.191 e. The third-order valence-electron chi connectivity index (χ3n) is 2.80. The van der Waals surface area contributed by atoms with Crippen molar-refractivity contribution in [3.05, 3.63) is 0 Å². The average Bonchev–Trinajstić information content (AvgIpc) is 2.93. The van der Waals surface area contributed by atoms with Crippen molar-refractivity contribution in [1.82, 2.24) is 10.6 Å². The molecule has 108 valence electrons. The van der Waals surface area contributed by atoms with Crippen molar-refractivity contribution in [1.29, 1.82) is 0 Å². The highest BCUT2D eigenvalue weighted by molar-refractivity contribution is 14.0. The molecule has 0 amide bonds. The summed E-state index contributed by atoms with van der Waals surface area (Å²) < 4.78 is 5.48. The topological polar surface area (TPSA) is 45.7 Å². The minimum absolute atomic E-state index is 0. The zero-order chi connectivity index (χ0) is 12.7. The number of aliphatic imine (C=N–C) groups is 1. The van der Waals surface area contributed by atoms with Gasteiger partial charge in [-0.15, -0.1) is 24.0 Å². The molecule has 4 nitrogen and oxygen atoms in total. The molecule has 0 aromatic heterocycles. The average molecular weight is 369 g/mol. The van der Waals surface area contributed by atoms with Gasteiger partial charge in [-0.2, -0.15) is 0 Å². The molecule has 18 heavy (non-hydrogen) atoms. The van der Waals surface area contributed by atoms with Crippen LogP contribution in [0.2, 0.25) is 0 Å². The molecule has 0 aliphatic heterocycles. The lowest BCUT2D eigenvalue weighted by molar-refractivity contribution is 0.0782. The Hall–Kier alpha value is -0.0400. The van der Waals surface area contributed by atoms with Crippen molar-refractivity contribution in [2.75, 3.05) is 19.7 Å². The van der Waals surface area contributed by atoms with Crippen LogP contribution in [-0.4, -0.2) is 37.8 Å². The van der Waals surface area contributed by atoms with Gasteiger partial charge in [0.15, 0.2) is 5.96 Å². The van der Waals surface area contributed by atoms with Crippen molar-refractivity contribution in [3.8, 4) is 0 Å². The SMILES string of the molecule is CCNC(=NCCCOC(C)C)NC1CC1C.I. The molecule has 1 saturated carbocycles. The zero-order valence-corrected chi connectivity index (χ0v) is 14.4. The van der Waals surface area contributed by atoms with E-state index < -0.39 is 0 Å². The van der Waals surface area contributed by atoms with Gasteiger partial charge in [0, 0.05) is 25.7 Å². The van der Waals surface area contributed by atoms with Gasteiger partial charge in [0.1, 0.15) is 0 Å². The molecule has 1 aliphatic rings. The second-order valence-corrected chi connectivity index (χ2v) is 5.00. The number of nitrogens with one attached hydrogen (secondary N) is 2. The van der Waals surface area contributed by atoms with E-state index in [0.717, 1.165) is 38.0 Å². The highest BCUT2D eigenvalue weighted by Gasteiger charge is 2.33. The second kappa shape index (κ2) is 9.83. The fraction of sp³-hybridized carbons (Fsp3) is 0.923. The van der Waals surface area contributed by atoms with Crippen LogP contribution in [0.15, 0.2) is 4.99 Å². The van der Waals surface area contributed by atoms with Gasteiger partial charge >= 0.3 is 0 Å². The number of ether oxygens (including phenoxy) is 1. The summed E-state index contributed by atoms with van der Waals surface area (Å²) in [7, 11) is 0. The zero-order valence-electron chi connectivity index (χ0n) is 12.0. The molecular formula is C13H28IN3O. The van der Waals surface area contributed by atoms with Crippen LogP contribution < -0.4 is 10.6 Å². The third kappa shape index (κ3) is 8.13. The summed E-state index contributed by atoms with van der Waals surface area (Å²) in [5.41, 5.74) is 0. The molecule has 2 unspecified atom stereocenters. The standard InChI is InChI=1S/C13H27N3O.HI/c1-5-14-13(16-12-9-11(12)4)15-7-6-8-17-10(2)3;/h10-12H,5-9H2,1-4H3,(H2,14,15,16);1H. The van der Waals surface area contributed by atoms with Crippen molar-refractivity contribution in [3.63, 3.8) is 0 Å². The number of nitrogens with zero attached hydrogens (tertiary/aromatic N) is 1. The van der Waals surface area contributed by atoms with E-state index in [4.69, 9.17) is 4.74 Å². The van der Waals surface area contributed by atoms with Gasteiger partial charge in [0.05, 0.1) is 6.10 Å². The van der Waals surface area contributed by atoms with Crippen LogP contribution in [0.3, 0.4) is 0 Å². The van der Waals surface area contributed by atoms with E-state index >= 15 is 0 Å². The van der Waals surface area contributed by atoms with Crippen LogP contribution in [-0.2, 0) is 4.74 Å². The van der Waals surface area contributed by atoms with Gasteiger partial charge in [0.2, 0.25) is 0 Å². The van der Waals surface area contributed by atoms with E-state index in [0.29, 0.717) is 12.1 Å². The van der Waals surface area contributed by atoms with Gasteiger partial charge in [-0.25, -0.2) is 0 Å². The van der Waals surface area contributed by atoms with Gasteiger partial charge in [-0.05, 0) is 39.5 Å². The van der Waals surface area contributed by atoms with Crippen LogP contribution in [0.25, 0.3) is 0 Å². The van der Waals surface area contributed by atoms with Crippen LogP contribution in [0, 0.1) is 5.92 Å². The first-order valence-corrected chi connectivity index (χ1v) is 6.80. The highest BCUT2D eigenvalue weighted by atomic mass is 127. The lowest BCUT2D eigenvalue weighted by Crippen LogP contribution is -2.39. The predicted molar refractivity (Wildman–Crippen MR) is 87.8 cm³/mol. The maximum absolute atomic E-state index is 5.48. The molecule has 0 radical (unpaired) electrons. The smallest absolute Gasteiger partial charge is 0.191 e. The third-order valence-corrected chi connectivity index (χ3v) is 2.80. The Kier molecular flexibility index (Phi) is 9.81. The van der Waals surface area contributed by atoms with Crippen molar-refractivity contribution < 1.29 is 4.74 Å². The molecule has 1 fully saturated rings. The lowest BCUT2D eigenvalue weighted by atomic mass is 10.4. The minimum Gasteiger partial charge on any atom is -0.379 e. The molecular weight excluding hydrogens is 341 g/mol. The summed E-state index contributed by atoms with van der Waals surface area (Å²) in [5, 5.41) is 6.71. The highest BCUT2D eigenvalue weighted by Crippen LogP contribution is 2.28. The van der Waals surface area contributed by atoms with Crippen molar-refractivity contribution >= 4 is 29.9 Å². The number of hydrogen-bond acceptors (Lipinski definition) is 2. The molecule has 0 aromatic carbocycles. The Balaban J connectivity index is 0.00000289. The fourth-order valence-electron chi connectivity index (χ4n) is 1.59. The predicted octanol–water partition coefficient (Wildman–Crippen LogP) is 2.38. The van der Waals surface area contributed by atoms with Gasteiger partial charge in [-0.1, -0.05) is 6.92 Å². The Morgan fingerprint density at radius 1 is 1.44 bits per heavy atom. The Labute approximate surface area is 128 Å². The van der Waals surface area contributed by atoms with E-state index in [2.05, 4.69) is 43.3 Å². The summed E-state index contributed by atoms with van der Waals surface area (Å²) >= 11 is 0. The first-order chi connectivity index (χ1) is 8.13. The maximum atomic E-state index is 5.48. The van der Waals surface area contributed by atoms with Crippen LogP contribution in [0.1, 0.15) is 40.5 Å². The first kappa shape index (κ1) is 18.0. The fourth-order valence-corrected chi connectivity index (χ4v) is 1.59. The molecule has 0 heterocycles. The molecule has 2 N–H and O–H groups in total. The normalized spacial score (nSPS) is 22.6. The summed E-state index contributed by atoms with van der Waals surface area (Å²) in [5.74, 6) is 1.74. The summed E-state index contributed by atoms with van der Waals surface area (Å²) in [6.07, 6.45) is 2.56. The number of hydrogen-bond donors (Lipinski definition) is 2. The summed E-state index contributed by atoms with van der Waals surface area (Å²) in [6, 6.07) is 0.625. The molecule has 0 aromatic rings. The van der Waals surface area contributed by atoms with E-state index in [9.17, 15) is 0 Å². The van der Waals surface area contributed by atoms with E-state index in [-0.39, 0.29) is 24.0 Å². The summed E-state index contributed by atoms with van der Waals surface area (Å²) in [6.45, 7) is 11.0. The molecule has 0 spiro atoms. The Morgan fingerprint density at radius 3 is 2.61 bits per heavy atom. The number of guanidine groups is 1. The minimum atomic E-state index is 0. The number of rotatable bonds is 7. The molecule has 2 atom stereocenters. The quantitative estimate of drug-likeness (QED) is 0.314. The molecule has 0 saturated heterocycles. The van der Waals surface area contributed by atoms with Crippen molar-refractivity contribution in [2.45, 2.75) is 52.7 Å². The van der Waals surface area contributed by atoms with Gasteiger partial charge < -0.3 is 15.4 Å². The Bertz CT molecular complexity index is 246. The molecule has 1 rings (SSSR count).